The van der Waals surface area contributed by atoms with Crippen LogP contribution < -0.4 is 10.6 Å². The van der Waals surface area contributed by atoms with Gasteiger partial charge in [-0.2, -0.15) is 0 Å². The van der Waals surface area contributed by atoms with Gasteiger partial charge in [-0.15, -0.1) is 0 Å². The zero-order valence-corrected chi connectivity index (χ0v) is 12.6. The Labute approximate surface area is 122 Å². The fourth-order valence-corrected chi connectivity index (χ4v) is 2.77. The Bertz CT molecular complexity index is 424. The Kier molecular flexibility index (Phi) is 5.18. The third kappa shape index (κ3) is 3.83. The molecule has 1 aliphatic carbocycles. The summed E-state index contributed by atoms with van der Waals surface area (Å²) in [5.41, 5.74) is 1.54. The first-order valence-electron chi connectivity index (χ1n) is 7.65. The van der Waals surface area contributed by atoms with E-state index in [9.17, 15) is 4.79 Å². The fraction of sp³-hybridized carbons (Fsp3) is 0.588. The molecule has 1 saturated carbocycles. The molecular formula is C17H26N2O. The second-order valence-corrected chi connectivity index (χ2v) is 6.30. The van der Waals surface area contributed by atoms with Crippen LogP contribution in [0.2, 0.25) is 0 Å². The predicted octanol–water partition coefficient (Wildman–Crippen LogP) is 2.47. The van der Waals surface area contributed by atoms with Gasteiger partial charge in [0.25, 0.3) is 0 Å². The monoisotopic (exact) mass is 274 g/mol. The minimum Gasteiger partial charge on any atom is -0.354 e. The number of carbonyl (C=O) groups excluding carboxylic acids is 1. The highest BCUT2D eigenvalue weighted by molar-refractivity contribution is 5.78. The standard InChI is InChI=1S/C17H26N2O/c1-14(2)11-18-12-16(20)19-13-17(9-6-10-17)15-7-4-3-5-8-15/h3-5,7-8,14,18H,6,9-13H2,1-2H3,(H,19,20). The van der Waals surface area contributed by atoms with Crippen molar-refractivity contribution in [2.75, 3.05) is 19.6 Å². The molecule has 1 fully saturated rings. The second kappa shape index (κ2) is 6.89. The largest absolute Gasteiger partial charge is 0.354 e. The summed E-state index contributed by atoms with van der Waals surface area (Å²) in [5.74, 6) is 0.679. The van der Waals surface area contributed by atoms with Crippen LogP contribution in [0, 0.1) is 5.92 Å². The van der Waals surface area contributed by atoms with E-state index in [0.717, 1.165) is 13.1 Å². The zero-order valence-electron chi connectivity index (χ0n) is 12.6. The summed E-state index contributed by atoms with van der Waals surface area (Å²) in [7, 11) is 0. The van der Waals surface area contributed by atoms with Crippen LogP contribution in [0.15, 0.2) is 30.3 Å². The molecule has 2 N–H and O–H groups in total. The van der Waals surface area contributed by atoms with Gasteiger partial charge in [-0.05, 0) is 30.9 Å². The minimum absolute atomic E-state index is 0.104. The Hall–Kier alpha value is -1.35. The van der Waals surface area contributed by atoms with Gasteiger partial charge < -0.3 is 10.6 Å². The number of hydrogen-bond acceptors (Lipinski definition) is 2. The average molecular weight is 274 g/mol. The van der Waals surface area contributed by atoms with Crippen LogP contribution in [0.3, 0.4) is 0 Å². The normalized spacial score (nSPS) is 16.8. The van der Waals surface area contributed by atoms with Crippen LogP contribution in [0.5, 0.6) is 0 Å². The lowest BCUT2D eigenvalue weighted by Crippen LogP contribution is -2.47. The SMILES string of the molecule is CC(C)CNCC(=O)NCC1(c2ccccc2)CCC1. The van der Waals surface area contributed by atoms with Crippen molar-refractivity contribution in [2.45, 2.75) is 38.5 Å². The van der Waals surface area contributed by atoms with Crippen molar-refractivity contribution < 1.29 is 4.79 Å². The smallest absolute Gasteiger partial charge is 0.233 e. The minimum atomic E-state index is 0.104. The topological polar surface area (TPSA) is 41.1 Å². The maximum Gasteiger partial charge on any atom is 0.233 e. The summed E-state index contributed by atoms with van der Waals surface area (Å²) in [6.45, 7) is 6.35. The number of benzene rings is 1. The van der Waals surface area contributed by atoms with E-state index in [1.54, 1.807) is 0 Å². The Balaban J connectivity index is 1.81. The fourth-order valence-electron chi connectivity index (χ4n) is 2.77. The van der Waals surface area contributed by atoms with Gasteiger partial charge in [0.15, 0.2) is 0 Å². The van der Waals surface area contributed by atoms with E-state index in [0.29, 0.717) is 12.5 Å². The number of nitrogens with one attached hydrogen (secondary N) is 2. The maximum atomic E-state index is 11.9. The molecule has 0 bridgehead atoms. The zero-order chi connectivity index (χ0) is 14.4. The molecule has 2 rings (SSSR count). The van der Waals surface area contributed by atoms with E-state index in [1.165, 1.54) is 24.8 Å². The van der Waals surface area contributed by atoms with E-state index in [2.05, 4.69) is 48.7 Å². The highest BCUT2D eigenvalue weighted by Gasteiger charge is 2.38. The number of amides is 1. The highest BCUT2D eigenvalue weighted by Crippen LogP contribution is 2.43. The van der Waals surface area contributed by atoms with Gasteiger partial charge in [0.1, 0.15) is 0 Å². The number of hydrogen-bond donors (Lipinski definition) is 2. The van der Waals surface area contributed by atoms with Crippen LogP contribution in [0.4, 0.5) is 0 Å². The summed E-state index contributed by atoms with van der Waals surface area (Å²) < 4.78 is 0. The third-order valence-electron chi connectivity index (χ3n) is 4.16. The molecule has 0 saturated heterocycles. The quantitative estimate of drug-likeness (QED) is 0.802. The predicted molar refractivity (Wildman–Crippen MR) is 82.7 cm³/mol. The molecule has 0 aliphatic heterocycles. The van der Waals surface area contributed by atoms with Gasteiger partial charge in [-0.1, -0.05) is 50.6 Å². The summed E-state index contributed by atoms with van der Waals surface area (Å²) in [6.07, 6.45) is 3.61. The molecule has 1 aromatic rings. The molecular weight excluding hydrogens is 248 g/mol. The van der Waals surface area contributed by atoms with Crippen LogP contribution in [0.1, 0.15) is 38.7 Å². The van der Waals surface area contributed by atoms with Crippen LogP contribution in [-0.4, -0.2) is 25.5 Å². The molecule has 0 atom stereocenters. The molecule has 20 heavy (non-hydrogen) atoms. The summed E-state index contributed by atoms with van der Waals surface area (Å²) in [6, 6.07) is 10.6. The van der Waals surface area contributed by atoms with E-state index in [-0.39, 0.29) is 11.3 Å². The van der Waals surface area contributed by atoms with Crippen molar-refractivity contribution in [3.63, 3.8) is 0 Å². The molecule has 0 radical (unpaired) electrons. The van der Waals surface area contributed by atoms with Crippen molar-refractivity contribution >= 4 is 5.91 Å². The Morgan fingerprint density at radius 1 is 1.25 bits per heavy atom. The summed E-state index contributed by atoms with van der Waals surface area (Å²) in [4.78, 5) is 11.9. The van der Waals surface area contributed by atoms with Crippen molar-refractivity contribution in [1.29, 1.82) is 0 Å². The van der Waals surface area contributed by atoms with E-state index >= 15 is 0 Å². The first kappa shape index (κ1) is 15.0. The first-order valence-corrected chi connectivity index (χ1v) is 7.65. The average Bonchev–Trinajstić information content (AvgIpc) is 2.38. The molecule has 3 nitrogen and oxygen atoms in total. The van der Waals surface area contributed by atoms with E-state index in [4.69, 9.17) is 0 Å². The first-order chi connectivity index (χ1) is 9.62. The van der Waals surface area contributed by atoms with Crippen molar-refractivity contribution in [2.24, 2.45) is 5.92 Å². The molecule has 3 heteroatoms. The lowest BCUT2D eigenvalue weighted by molar-refractivity contribution is -0.120. The lowest BCUT2D eigenvalue weighted by Gasteiger charge is -2.42. The molecule has 1 aromatic carbocycles. The van der Waals surface area contributed by atoms with Crippen LogP contribution >= 0.6 is 0 Å². The van der Waals surface area contributed by atoms with Crippen LogP contribution in [-0.2, 0) is 10.2 Å². The van der Waals surface area contributed by atoms with E-state index in [1.807, 2.05) is 6.07 Å². The maximum absolute atomic E-state index is 11.9. The molecule has 1 aliphatic rings. The lowest BCUT2D eigenvalue weighted by atomic mass is 9.64. The summed E-state index contributed by atoms with van der Waals surface area (Å²) in [5, 5.41) is 6.28. The summed E-state index contributed by atoms with van der Waals surface area (Å²) >= 11 is 0. The van der Waals surface area contributed by atoms with Gasteiger partial charge >= 0.3 is 0 Å². The third-order valence-corrected chi connectivity index (χ3v) is 4.16. The number of carbonyl (C=O) groups is 1. The second-order valence-electron chi connectivity index (χ2n) is 6.30. The molecule has 0 aromatic heterocycles. The highest BCUT2D eigenvalue weighted by atomic mass is 16.1. The van der Waals surface area contributed by atoms with Gasteiger partial charge in [0.2, 0.25) is 5.91 Å². The van der Waals surface area contributed by atoms with Crippen molar-refractivity contribution in [3.05, 3.63) is 35.9 Å². The molecule has 110 valence electrons. The van der Waals surface area contributed by atoms with Crippen LogP contribution in [0.25, 0.3) is 0 Å². The number of rotatable bonds is 7. The van der Waals surface area contributed by atoms with E-state index < -0.39 is 0 Å². The van der Waals surface area contributed by atoms with Gasteiger partial charge in [-0.3, -0.25) is 4.79 Å². The van der Waals surface area contributed by atoms with Gasteiger partial charge in [0.05, 0.1) is 6.54 Å². The Morgan fingerprint density at radius 2 is 1.95 bits per heavy atom. The Morgan fingerprint density at radius 3 is 2.50 bits per heavy atom. The molecule has 0 spiro atoms. The van der Waals surface area contributed by atoms with Gasteiger partial charge in [0, 0.05) is 12.0 Å². The van der Waals surface area contributed by atoms with Gasteiger partial charge in [-0.25, -0.2) is 0 Å². The van der Waals surface area contributed by atoms with Crippen molar-refractivity contribution in [1.82, 2.24) is 10.6 Å². The van der Waals surface area contributed by atoms with Crippen molar-refractivity contribution in [3.8, 4) is 0 Å². The molecule has 0 unspecified atom stereocenters. The molecule has 1 amide bonds. The molecule has 0 heterocycles.